The smallest absolute Gasteiger partial charge is 0.311 e. The summed E-state index contributed by atoms with van der Waals surface area (Å²) in [4.78, 5) is 28.2. The van der Waals surface area contributed by atoms with Gasteiger partial charge < -0.3 is 24.6 Å². The van der Waals surface area contributed by atoms with Crippen LogP contribution in [0.2, 0.25) is 5.02 Å². The Morgan fingerprint density at radius 1 is 1.22 bits per heavy atom. The van der Waals surface area contributed by atoms with Crippen LogP contribution in [-0.2, 0) is 11.2 Å². The van der Waals surface area contributed by atoms with Gasteiger partial charge in [0.2, 0.25) is 5.88 Å². The molecule has 2 heterocycles. The molecule has 1 aromatic heterocycles. The van der Waals surface area contributed by atoms with Crippen LogP contribution in [0.15, 0.2) is 54.7 Å². The van der Waals surface area contributed by atoms with Crippen LogP contribution in [0.25, 0.3) is 0 Å². The predicted octanol–water partition coefficient (Wildman–Crippen LogP) is 4.47. The van der Waals surface area contributed by atoms with E-state index in [1.165, 1.54) is 0 Å². The summed E-state index contributed by atoms with van der Waals surface area (Å²) in [5, 5.41) is 12.6. The van der Waals surface area contributed by atoms with Gasteiger partial charge in [-0.05, 0) is 56.2 Å². The molecule has 0 saturated heterocycles. The van der Waals surface area contributed by atoms with Crippen molar-refractivity contribution in [2.24, 2.45) is 0 Å². The topological polar surface area (TPSA) is 107 Å². The Bertz CT molecular complexity index is 1220. The van der Waals surface area contributed by atoms with Crippen molar-refractivity contribution in [2.75, 3.05) is 19.8 Å². The molecule has 36 heavy (non-hydrogen) atoms. The fourth-order valence-electron chi connectivity index (χ4n) is 3.82. The molecule has 0 saturated carbocycles. The van der Waals surface area contributed by atoms with Gasteiger partial charge in [0.15, 0.2) is 0 Å². The first-order valence-electron chi connectivity index (χ1n) is 11.3. The molecule has 0 aliphatic carbocycles. The zero-order valence-corrected chi connectivity index (χ0v) is 22.9. The fraction of sp³-hybridized carbons (Fsp3) is 0.269. The molecule has 1 amide bonds. The summed E-state index contributed by atoms with van der Waals surface area (Å²) < 4.78 is 17.0. The van der Waals surface area contributed by atoms with E-state index in [9.17, 15) is 14.7 Å². The zero-order chi connectivity index (χ0) is 24.8. The van der Waals surface area contributed by atoms with Gasteiger partial charge in [-0.25, -0.2) is 4.98 Å². The van der Waals surface area contributed by atoms with Crippen LogP contribution < -0.4 is 19.5 Å². The predicted molar refractivity (Wildman–Crippen MR) is 136 cm³/mol. The molecule has 2 N–H and O–H groups in total. The molecule has 183 valence electrons. The standard InChI is InChI=1S/C26H25ClN2O6.Na/c1-2-33-25-17(4-3-11-29-25)9-12-28-24(30)16-5-7-18(8-6-16)35-23-15-22-20(14-21(23)27)19(26(31)32)10-13-34-22;/h3-8,11,14-15,19H,2,9-10,12-13H2,1H3,(H,28,30)(H,31,32);. The second kappa shape index (κ2) is 13.0. The zero-order valence-electron chi connectivity index (χ0n) is 20.1. The average Bonchev–Trinajstić information content (AvgIpc) is 2.85. The maximum atomic E-state index is 12.5. The number of pyridine rings is 1. The Morgan fingerprint density at radius 2 is 2.00 bits per heavy atom. The van der Waals surface area contributed by atoms with Gasteiger partial charge in [-0.3, -0.25) is 9.59 Å². The van der Waals surface area contributed by atoms with E-state index in [2.05, 4.69) is 10.3 Å². The average molecular weight is 520 g/mol. The molecule has 10 heteroatoms. The molecular weight excluding hydrogens is 495 g/mol. The number of hydrogen-bond acceptors (Lipinski definition) is 6. The number of aliphatic carboxylic acids is 1. The first kappa shape index (κ1) is 27.8. The van der Waals surface area contributed by atoms with E-state index in [-0.39, 0.29) is 40.5 Å². The summed E-state index contributed by atoms with van der Waals surface area (Å²) in [5.41, 5.74) is 1.95. The summed E-state index contributed by atoms with van der Waals surface area (Å²) in [6.45, 7) is 3.17. The van der Waals surface area contributed by atoms with Crippen molar-refractivity contribution in [3.8, 4) is 23.1 Å². The van der Waals surface area contributed by atoms with Gasteiger partial charge in [-0.15, -0.1) is 0 Å². The third-order valence-corrected chi connectivity index (χ3v) is 5.85. The minimum absolute atomic E-state index is 0. The number of halogens is 1. The summed E-state index contributed by atoms with van der Waals surface area (Å²) in [6.07, 6.45) is 2.66. The Labute approximate surface area is 236 Å². The van der Waals surface area contributed by atoms with Crippen molar-refractivity contribution in [3.63, 3.8) is 0 Å². The Balaban J connectivity index is 0.00000361. The van der Waals surface area contributed by atoms with Crippen LogP contribution in [0.1, 0.15) is 40.7 Å². The second-order valence-electron chi connectivity index (χ2n) is 7.88. The van der Waals surface area contributed by atoms with Crippen molar-refractivity contribution in [2.45, 2.75) is 25.7 Å². The molecule has 1 aliphatic heterocycles. The Kier molecular flexibility index (Phi) is 10.0. The third-order valence-electron chi connectivity index (χ3n) is 5.56. The van der Waals surface area contributed by atoms with Crippen LogP contribution in [-0.4, -0.2) is 71.3 Å². The number of benzene rings is 2. The summed E-state index contributed by atoms with van der Waals surface area (Å²) in [7, 11) is 0. The van der Waals surface area contributed by atoms with Gasteiger partial charge in [0.1, 0.15) is 17.2 Å². The number of nitrogens with one attached hydrogen (secondary N) is 1. The number of nitrogens with zero attached hydrogens (tertiary/aromatic N) is 1. The van der Waals surface area contributed by atoms with Gasteiger partial charge in [-0.1, -0.05) is 17.7 Å². The largest absolute Gasteiger partial charge is 0.493 e. The molecule has 2 aromatic carbocycles. The number of carbonyl (C=O) groups excluding carboxylic acids is 1. The second-order valence-corrected chi connectivity index (χ2v) is 8.29. The van der Waals surface area contributed by atoms with E-state index in [4.69, 9.17) is 25.8 Å². The van der Waals surface area contributed by atoms with Crippen LogP contribution in [0.5, 0.6) is 23.1 Å². The van der Waals surface area contributed by atoms with E-state index in [1.54, 1.807) is 42.6 Å². The van der Waals surface area contributed by atoms with Gasteiger partial charge in [0, 0.05) is 65.1 Å². The quantitative estimate of drug-likeness (QED) is 0.402. The molecule has 1 unspecified atom stereocenters. The van der Waals surface area contributed by atoms with E-state index in [0.717, 1.165) is 5.56 Å². The molecule has 0 bridgehead atoms. The van der Waals surface area contributed by atoms with Crippen molar-refractivity contribution in [1.29, 1.82) is 0 Å². The van der Waals surface area contributed by atoms with Crippen molar-refractivity contribution in [3.05, 3.63) is 76.4 Å². The van der Waals surface area contributed by atoms with Gasteiger partial charge in [0.05, 0.1) is 24.2 Å². The number of carbonyl (C=O) groups is 2. The van der Waals surface area contributed by atoms with Crippen molar-refractivity contribution >= 4 is 53.0 Å². The molecule has 8 nitrogen and oxygen atoms in total. The Hall–Kier alpha value is -2.78. The number of rotatable bonds is 9. The minimum atomic E-state index is -0.914. The number of carboxylic acid groups (broad SMARTS) is 1. The van der Waals surface area contributed by atoms with Gasteiger partial charge in [-0.2, -0.15) is 0 Å². The number of fused-ring (bicyclic) bond motifs is 1. The molecule has 4 rings (SSSR count). The van der Waals surface area contributed by atoms with Gasteiger partial charge >= 0.3 is 5.97 Å². The van der Waals surface area contributed by atoms with Crippen LogP contribution >= 0.6 is 11.6 Å². The van der Waals surface area contributed by atoms with Crippen LogP contribution in [0.3, 0.4) is 0 Å². The van der Waals surface area contributed by atoms with E-state index >= 15 is 0 Å². The van der Waals surface area contributed by atoms with E-state index < -0.39 is 11.9 Å². The summed E-state index contributed by atoms with van der Waals surface area (Å²) >= 11 is 6.35. The monoisotopic (exact) mass is 519 g/mol. The number of aromatic nitrogens is 1. The third kappa shape index (κ3) is 6.70. The molecule has 1 aliphatic rings. The van der Waals surface area contributed by atoms with E-state index in [1.807, 2.05) is 19.1 Å². The molecular formula is C26H25ClN2NaO6. The number of ether oxygens (including phenoxy) is 3. The summed E-state index contributed by atoms with van der Waals surface area (Å²) in [5.74, 6) is 0.0604. The van der Waals surface area contributed by atoms with E-state index in [0.29, 0.717) is 66.9 Å². The minimum Gasteiger partial charge on any atom is -0.493 e. The van der Waals surface area contributed by atoms with Crippen LogP contribution in [0.4, 0.5) is 0 Å². The first-order valence-corrected chi connectivity index (χ1v) is 11.7. The number of hydrogen-bond donors (Lipinski definition) is 2. The molecule has 0 fully saturated rings. The normalized spacial score (nSPS) is 14.0. The molecule has 1 radical (unpaired) electrons. The summed E-state index contributed by atoms with van der Waals surface area (Å²) in [6, 6.07) is 13.6. The first-order chi connectivity index (χ1) is 17.0. The van der Waals surface area contributed by atoms with Gasteiger partial charge in [0.25, 0.3) is 5.91 Å². The maximum absolute atomic E-state index is 12.5. The van der Waals surface area contributed by atoms with Crippen LogP contribution in [0, 0.1) is 0 Å². The van der Waals surface area contributed by atoms with Crippen molar-refractivity contribution in [1.82, 2.24) is 10.3 Å². The van der Waals surface area contributed by atoms with Crippen molar-refractivity contribution < 1.29 is 28.9 Å². The number of amides is 1. The fourth-order valence-corrected chi connectivity index (χ4v) is 4.03. The maximum Gasteiger partial charge on any atom is 0.311 e. The SMILES string of the molecule is CCOc1ncccc1CCNC(=O)c1ccc(Oc2cc3c(cc2Cl)C(C(=O)O)CCO3)cc1.[Na]. The molecule has 0 spiro atoms. The Morgan fingerprint density at radius 3 is 2.72 bits per heavy atom. The molecule has 3 aromatic rings. The number of carboxylic acids is 1. The molecule has 1 atom stereocenters.